The molecule has 0 unspecified atom stereocenters. The number of aromatic nitrogens is 2. The van der Waals surface area contributed by atoms with Crippen molar-refractivity contribution in [3.05, 3.63) is 48.0 Å². The molecule has 0 aliphatic carbocycles. The molecule has 0 saturated heterocycles. The number of nitrogens with two attached hydrogens (primary N) is 2. The largest absolute Gasteiger partial charge is 0.508 e. The summed E-state index contributed by atoms with van der Waals surface area (Å²) in [6.45, 7) is 11.1. The zero-order chi connectivity index (χ0) is 78.1. The lowest BCUT2D eigenvalue weighted by molar-refractivity contribution is -0.142. The van der Waals surface area contributed by atoms with E-state index in [4.69, 9.17) is 11.5 Å². The van der Waals surface area contributed by atoms with E-state index in [2.05, 4.69) is 73.8 Å². The Morgan fingerprint density at radius 1 is 0.456 bits per heavy atom. The molecular formula is C64H102N16O23. The summed E-state index contributed by atoms with van der Waals surface area (Å²) in [5.41, 5.74) is 11.9. The molecule has 0 spiro atoms. The number of rotatable bonds is 47. The first kappa shape index (κ1) is 89.1. The highest BCUT2D eigenvalue weighted by molar-refractivity contribution is 6.00. The molecule has 2 aromatic rings. The predicted molar refractivity (Wildman–Crippen MR) is 362 cm³/mol. The number of carbonyl (C=O) groups excluding carboxylic acids is 12. The highest BCUT2D eigenvalue weighted by atomic mass is 16.4. The molecule has 1 aromatic heterocycles. The second kappa shape index (κ2) is 44.4. The van der Waals surface area contributed by atoms with Crippen molar-refractivity contribution in [3.63, 3.8) is 0 Å². The summed E-state index contributed by atoms with van der Waals surface area (Å²) < 4.78 is 0. The van der Waals surface area contributed by atoms with E-state index in [1.165, 1.54) is 36.8 Å². The number of H-pyrrole nitrogens is 1. The first-order valence-electron chi connectivity index (χ1n) is 33.3. The first-order chi connectivity index (χ1) is 48.2. The van der Waals surface area contributed by atoms with Crippen LogP contribution in [-0.4, -0.2) is 250 Å². The van der Waals surface area contributed by atoms with E-state index in [9.17, 15) is 113 Å². The molecule has 0 aliphatic rings. The van der Waals surface area contributed by atoms with Crippen LogP contribution in [-0.2, 0) is 84.8 Å². The molecule has 0 fully saturated rings. The van der Waals surface area contributed by atoms with E-state index in [0.717, 1.165) is 20.8 Å². The number of aromatic amines is 1. The van der Waals surface area contributed by atoms with Crippen molar-refractivity contribution in [2.24, 2.45) is 29.2 Å². The van der Waals surface area contributed by atoms with E-state index in [1.807, 2.05) is 0 Å². The Hall–Kier alpha value is -9.96. The van der Waals surface area contributed by atoms with Crippen molar-refractivity contribution in [2.45, 2.75) is 217 Å². The summed E-state index contributed by atoms with van der Waals surface area (Å²) in [6, 6.07) is -16.3. The number of aliphatic hydroxyl groups excluding tert-OH is 4. The molecule has 25 N–H and O–H groups in total. The number of hydrogen-bond acceptors (Lipinski definition) is 23. The Bertz CT molecular complexity index is 3190. The van der Waals surface area contributed by atoms with Crippen LogP contribution >= 0.6 is 0 Å². The number of carbonyl (C=O) groups is 15. The van der Waals surface area contributed by atoms with Crippen LogP contribution in [0, 0.1) is 17.8 Å². The summed E-state index contributed by atoms with van der Waals surface area (Å²) in [7, 11) is 0. The third-order valence-corrected chi connectivity index (χ3v) is 15.6. The number of nitrogens with one attached hydrogen (secondary N) is 13. The number of phenols is 1. The number of carboxylic acids is 3. The van der Waals surface area contributed by atoms with Gasteiger partial charge in [-0.1, -0.05) is 53.7 Å². The van der Waals surface area contributed by atoms with Gasteiger partial charge in [0.2, 0.25) is 70.9 Å². The number of unbranched alkanes of at least 4 members (excludes halogenated alkanes) is 1. The minimum atomic E-state index is -1.99. The Morgan fingerprint density at radius 3 is 1.34 bits per heavy atom. The molecule has 1 aromatic carbocycles. The quantitative estimate of drug-likeness (QED) is 0.0274. The molecule has 0 radical (unpaired) electrons. The van der Waals surface area contributed by atoms with Crippen molar-refractivity contribution >= 4 is 88.8 Å². The van der Waals surface area contributed by atoms with Crippen molar-refractivity contribution in [3.8, 4) is 5.75 Å². The molecule has 0 bridgehead atoms. The molecular weight excluding hydrogens is 1360 g/mol. The van der Waals surface area contributed by atoms with Gasteiger partial charge in [-0.2, -0.15) is 0 Å². The van der Waals surface area contributed by atoms with Crippen LogP contribution in [0.5, 0.6) is 5.75 Å². The van der Waals surface area contributed by atoms with Gasteiger partial charge >= 0.3 is 17.9 Å². The van der Waals surface area contributed by atoms with Crippen molar-refractivity contribution in [1.29, 1.82) is 0 Å². The van der Waals surface area contributed by atoms with Gasteiger partial charge < -0.3 is 121 Å². The van der Waals surface area contributed by atoms with Gasteiger partial charge in [0.05, 0.1) is 38.2 Å². The van der Waals surface area contributed by atoms with Crippen LogP contribution in [0.1, 0.15) is 125 Å². The first-order valence-corrected chi connectivity index (χ1v) is 33.3. The average molecular weight is 1460 g/mol. The van der Waals surface area contributed by atoms with Crippen molar-refractivity contribution in [1.82, 2.24) is 73.8 Å². The number of imidazole rings is 1. The molecule has 0 saturated carbocycles. The highest BCUT2D eigenvalue weighted by Gasteiger charge is 2.39. The second-order valence-corrected chi connectivity index (χ2v) is 25.9. The smallest absolute Gasteiger partial charge is 0.326 e. The van der Waals surface area contributed by atoms with Gasteiger partial charge in [-0.3, -0.25) is 67.1 Å². The third-order valence-electron chi connectivity index (χ3n) is 15.6. The van der Waals surface area contributed by atoms with Crippen molar-refractivity contribution in [2.75, 3.05) is 19.8 Å². The predicted octanol–water partition coefficient (Wildman–Crippen LogP) is -6.89. The van der Waals surface area contributed by atoms with E-state index < -0.39 is 224 Å². The summed E-state index contributed by atoms with van der Waals surface area (Å²) >= 11 is 0. The van der Waals surface area contributed by atoms with Gasteiger partial charge in [0.25, 0.3) is 0 Å². The number of carboxylic acid groups (broad SMARTS) is 3. The summed E-state index contributed by atoms with van der Waals surface area (Å²) in [4.78, 5) is 208. The van der Waals surface area contributed by atoms with E-state index in [-0.39, 0.29) is 50.3 Å². The van der Waals surface area contributed by atoms with E-state index >= 15 is 0 Å². The SMILES string of the molecule is CC(C)C[C@H](NC(=O)[C@H](C)NC(=O)[C@@H](NC(=O)[C@H](CC(C)C)NC(=O)[C@H](CC(=O)O)NC(=O)[C@@H](N)CO)[C@@H](C)O)C(=O)N[C@H](C(=O)N[C@@H](CCC(=O)O)C(=O)N[C@@H](CO)C(=O)N[C@@H](Cc1ccc(O)cc1)C(=O)N[C@H](C(=O)N[C@@H](CCCCN)C(=O)N[C@@H](Cc1cnc[nH]1)C(=O)O)C(C)C)[C@@H](C)O. The second-order valence-electron chi connectivity index (χ2n) is 25.9. The summed E-state index contributed by atoms with van der Waals surface area (Å²) in [5, 5.41) is 109. The fourth-order valence-corrected chi connectivity index (χ4v) is 9.92. The monoisotopic (exact) mass is 1460 g/mol. The van der Waals surface area contributed by atoms with Crippen LogP contribution in [0.4, 0.5) is 0 Å². The van der Waals surface area contributed by atoms with Crippen LogP contribution < -0.4 is 75.3 Å². The lowest BCUT2D eigenvalue weighted by Gasteiger charge is -2.29. The topological polar surface area (TPSA) is 643 Å². The Balaban J connectivity index is 2.39. The number of benzene rings is 1. The minimum Gasteiger partial charge on any atom is -0.508 e. The van der Waals surface area contributed by atoms with Gasteiger partial charge in [0.15, 0.2) is 0 Å². The number of nitrogens with zero attached hydrogens (tertiary/aromatic N) is 1. The number of aliphatic carboxylic acids is 3. The zero-order valence-corrected chi connectivity index (χ0v) is 58.9. The van der Waals surface area contributed by atoms with Gasteiger partial charge in [0, 0.05) is 31.2 Å². The maximum absolute atomic E-state index is 14.4. The number of aliphatic hydroxyl groups is 4. The van der Waals surface area contributed by atoms with Crippen LogP contribution in [0.15, 0.2) is 36.8 Å². The Kier molecular flexibility index (Phi) is 38.4. The molecule has 2 rings (SSSR count). The third kappa shape index (κ3) is 31.9. The maximum Gasteiger partial charge on any atom is 0.326 e. The summed E-state index contributed by atoms with van der Waals surface area (Å²) in [6.07, 6.45) is -3.51. The number of aromatic hydroxyl groups is 1. The van der Waals surface area contributed by atoms with Gasteiger partial charge in [-0.05, 0) is 101 Å². The fourth-order valence-electron chi connectivity index (χ4n) is 9.92. The lowest BCUT2D eigenvalue weighted by atomic mass is 9.99. The molecule has 0 aliphatic heterocycles. The number of amides is 12. The summed E-state index contributed by atoms with van der Waals surface area (Å²) in [5.74, 6) is -19.4. The molecule has 103 heavy (non-hydrogen) atoms. The van der Waals surface area contributed by atoms with Crippen LogP contribution in [0.25, 0.3) is 0 Å². The molecule has 15 atom stereocenters. The highest BCUT2D eigenvalue weighted by Crippen LogP contribution is 2.16. The minimum absolute atomic E-state index is 0.0130. The Morgan fingerprint density at radius 2 is 0.883 bits per heavy atom. The van der Waals surface area contributed by atoms with E-state index in [0.29, 0.717) is 24.1 Å². The zero-order valence-electron chi connectivity index (χ0n) is 58.9. The molecule has 12 amide bonds. The van der Waals surface area contributed by atoms with Crippen LogP contribution in [0.3, 0.4) is 0 Å². The molecule has 1 heterocycles. The van der Waals surface area contributed by atoms with E-state index in [1.54, 1.807) is 41.5 Å². The Labute approximate surface area is 593 Å². The number of phenolic OH excluding ortho intramolecular Hbond substituents is 1. The standard InChI is InChI=1S/C64H102N16O23/c1-29(2)20-41(72-52(90)32(7)69-62(100)50(33(8)83)79-58(96)42(21-30(3)4)74-56(94)44(24-48(88)89)73-53(91)38(66)26-81)57(95)80-51(34(9)84)63(101)71-40(17-18-47(86)87)55(93)77-46(27-82)60(98)75-43(22-35-13-15-37(85)16-14-35)59(97)78-49(31(5)6)61(99)70-39(12-10-11-19-65)54(92)76-45(64(102)103)23-36-25-67-28-68-36/h13-16,25,28-34,38-46,49-51,81-85H,10-12,17-24,26-27,65-66H2,1-9H3,(H,67,68)(H,69,100)(H,70,99)(H,71,101)(H,72,90)(H,73,91)(H,74,94)(H,75,98)(H,76,92)(H,77,93)(H,78,97)(H,79,96)(H,80,95)(H,86,87)(H,88,89)(H,102,103)/t32-,33+,34+,38-,39-,40-,41-,42-,43-,44-,45-,46-,49-,50-,51-/m0/s1. The number of hydrogen-bond donors (Lipinski definition) is 23. The van der Waals surface area contributed by atoms with Gasteiger partial charge in [-0.15, -0.1) is 0 Å². The molecule has 576 valence electrons. The molecule has 39 heteroatoms. The van der Waals surface area contributed by atoms with Crippen molar-refractivity contribution < 1.29 is 113 Å². The normalized spacial score (nSPS) is 15.7. The van der Waals surface area contributed by atoms with Gasteiger partial charge in [0.1, 0.15) is 84.3 Å². The lowest BCUT2D eigenvalue weighted by Crippen LogP contribution is -2.63. The molecule has 39 nitrogen and oxygen atoms in total. The maximum atomic E-state index is 14.4. The van der Waals surface area contributed by atoms with Gasteiger partial charge in [-0.25, -0.2) is 9.78 Å². The van der Waals surface area contributed by atoms with Crippen LogP contribution in [0.2, 0.25) is 0 Å². The fraction of sp³-hybridized carbons (Fsp3) is 0.625. The average Bonchev–Trinajstić information content (AvgIpc) is 1.07.